The molecule has 0 aliphatic rings. The van der Waals surface area contributed by atoms with Gasteiger partial charge in [-0.3, -0.25) is 0 Å². The maximum absolute atomic E-state index is 10.5. The van der Waals surface area contributed by atoms with Gasteiger partial charge in [0.05, 0.1) is 24.8 Å². The van der Waals surface area contributed by atoms with Crippen molar-refractivity contribution in [3.05, 3.63) is 56.5 Å². The van der Waals surface area contributed by atoms with Crippen LogP contribution in [0.3, 0.4) is 0 Å². The lowest BCUT2D eigenvalue weighted by Crippen LogP contribution is -2.03. The molecule has 1 unspecified atom stereocenters. The minimum Gasteiger partial charge on any atom is -0.497 e. The van der Waals surface area contributed by atoms with E-state index in [1.54, 1.807) is 14.2 Å². The first kappa shape index (κ1) is 16.3. The van der Waals surface area contributed by atoms with Crippen molar-refractivity contribution in [3.63, 3.8) is 0 Å². The molecule has 0 radical (unpaired) electrons. The van der Waals surface area contributed by atoms with Gasteiger partial charge >= 0.3 is 0 Å². The van der Waals surface area contributed by atoms with Crippen LogP contribution in [0.25, 0.3) is 0 Å². The Labute approximate surface area is 141 Å². The van der Waals surface area contributed by atoms with Crippen molar-refractivity contribution in [2.24, 2.45) is 0 Å². The molecule has 0 aliphatic carbocycles. The first-order valence-corrected chi connectivity index (χ1v) is 7.97. The summed E-state index contributed by atoms with van der Waals surface area (Å²) < 4.78 is 12.1. The Bertz CT molecular complexity index is 629. The van der Waals surface area contributed by atoms with E-state index in [1.807, 2.05) is 36.4 Å². The van der Waals surface area contributed by atoms with Crippen LogP contribution < -0.4 is 9.47 Å². The average Bonchev–Trinajstić information content (AvgIpc) is 2.48. The second-order valence-electron chi connectivity index (χ2n) is 4.58. The minimum absolute atomic E-state index is 0.508. The molecule has 2 rings (SSSR count). The molecule has 0 aromatic heterocycles. The summed E-state index contributed by atoms with van der Waals surface area (Å²) in [6, 6.07) is 11.3. The number of benzene rings is 2. The molecular weight excluding hydrogens is 400 g/mol. The third-order valence-corrected chi connectivity index (χ3v) is 4.55. The molecule has 2 aromatic carbocycles. The van der Waals surface area contributed by atoms with E-state index in [1.165, 1.54) is 0 Å². The van der Waals surface area contributed by atoms with Crippen LogP contribution >= 0.6 is 31.9 Å². The summed E-state index contributed by atoms with van der Waals surface area (Å²) in [5, 5.41) is 10.5. The van der Waals surface area contributed by atoms with Gasteiger partial charge < -0.3 is 14.6 Å². The molecule has 1 N–H and O–H groups in total. The highest BCUT2D eigenvalue weighted by Gasteiger charge is 2.14. The summed E-state index contributed by atoms with van der Waals surface area (Å²) in [6.45, 7) is 0. The van der Waals surface area contributed by atoms with E-state index in [9.17, 15) is 5.11 Å². The van der Waals surface area contributed by atoms with Crippen LogP contribution in [0, 0.1) is 0 Å². The number of halogens is 2. The van der Waals surface area contributed by atoms with Gasteiger partial charge in [-0.2, -0.15) is 0 Å². The first-order valence-electron chi connectivity index (χ1n) is 6.39. The van der Waals surface area contributed by atoms with Crippen molar-refractivity contribution < 1.29 is 14.6 Å². The van der Waals surface area contributed by atoms with Gasteiger partial charge in [0.1, 0.15) is 11.5 Å². The summed E-state index contributed by atoms with van der Waals surface area (Å²) in [5.74, 6) is 1.50. The predicted octanol–water partition coefficient (Wildman–Crippen LogP) is 4.50. The topological polar surface area (TPSA) is 38.7 Å². The molecule has 3 nitrogen and oxygen atoms in total. The highest BCUT2D eigenvalue weighted by molar-refractivity contribution is 9.10. The zero-order valence-electron chi connectivity index (χ0n) is 11.8. The number of aliphatic hydroxyl groups excluding tert-OH is 1. The van der Waals surface area contributed by atoms with Gasteiger partial charge in [0.25, 0.3) is 0 Å². The zero-order valence-corrected chi connectivity index (χ0v) is 14.9. The quantitative estimate of drug-likeness (QED) is 0.780. The average molecular weight is 416 g/mol. The molecule has 0 fully saturated rings. The zero-order chi connectivity index (χ0) is 15.4. The summed E-state index contributed by atoms with van der Waals surface area (Å²) in [5.41, 5.74) is 1.83. The van der Waals surface area contributed by atoms with Crippen LogP contribution in [0.1, 0.15) is 17.2 Å². The van der Waals surface area contributed by atoms with Crippen molar-refractivity contribution in [1.29, 1.82) is 0 Å². The number of hydrogen-bond acceptors (Lipinski definition) is 3. The number of hydrogen-bond donors (Lipinski definition) is 1. The van der Waals surface area contributed by atoms with Gasteiger partial charge in [0.2, 0.25) is 0 Å². The third-order valence-electron chi connectivity index (χ3n) is 3.21. The van der Waals surface area contributed by atoms with Crippen LogP contribution in [-0.4, -0.2) is 19.3 Å². The Kier molecular flexibility index (Phi) is 5.67. The standard InChI is InChI=1S/C16H16Br2O3/c1-20-11-4-5-13(17)12(9-11)15(19)8-10-3-6-16(21-2)14(18)7-10/h3-7,9,15,19H,8H2,1-2H3. The maximum atomic E-state index is 10.5. The minimum atomic E-state index is -0.616. The number of methoxy groups -OCH3 is 2. The molecule has 2 aromatic rings. The molecule has 5 heteroatoms. The highest BCUT2D eigenvalue weighted by Crippen LogP contribution is 2.31. The van der Waals surface area contributed by atoms with E-state index in [-0.39, 0.29) is 0 Å². The van der Waals surface area contributed by atoms with E-state index in [0.717, 1.165) is 31.6 Å². The van der Waals surface area contributed by atoms with Gasteiger partial charge in [-0.25, -0.2) is 0 Å². The van der Waals surface area contributed by atoms with Crippen molar-refractivity contribution in [3.8, 4) is 11.5 Å². The van der Waals surface area contributed by atoms with E-state index < -0.39 is 6.10 Å². The second kappa shape index (κ2) is 7.29. The first-order chi connectivity index (χ1) is 10.0. The van der Waals surface area contributed by atoms with Crippen molar-refractivity contribution in [1.82, 2.24) is 0 Å². The predicted molar refractivity (Wildman–Crippen MR) is 90.1 cm³/mol. The smallest absolute Gasteiger partial charge is 0.133 e. The Morgan fingerprint density at radius 3 is 2.38 bits per heavy atom. The van der Waals surface area contributed by atoms with E-state index >= 15 is 0 Å². The van der Waals surface area contributed by atoms with Gasteiger partial charge in [-0.15, -0.1) is 0 Å². The summed E-state index contributed by atoms with van der Waals surface area (Å²) in [7, 11) is 3.24. The van der Waals surface area contributed by atoms with Crippen molar-refractivity contribution in [2.45, 2.75) is 12.5 Å². The molecule has 0 saturated carbocycles. The Balaban J connectivity index is 2.21. The Hall–Kier alpha value is -1.04. The summed E-state index contributed by atoms with van der Waals surface area (Å²) in [4.78, 5) is 0. The van der Waals surface area contributed by atoms with E-state index in [0.29, 0.717) is 6.42 Å². The van der Waals surface area contributed by atoms with Crippen LogP contribution in [0.5, 0.6) is 11.5 Å². The number of ether oxygens (including phenoxy) is 2. The Morgan fingerprint density at radius 1 is 1.00 bits per heavy atom. The monoisotopic (exact) mass is 414 g/mol. The van der Waals surface area contributed by atoms with Gasteiger partial charge in [0.15, 0.2) is 0 Å². The molecule has 0 amide bonds. The molecule has 0 aliphatic heterocycles. The number of rotatable bonds is 5. The lowest BCUT2D eigenvalue weighted by Gasteiger charge is -2.15. The molecule has 1 atom stereocenters. The highest BCUT2D eigenvalue weighted by atomic mass is 79.9. The summed E-state index contributed by atoms with van der Waals surface area (Å²) in [6.07, 6.45) is -0.108. The van der Waals surface area contributed by atoms with Crippen LogP contribution in [0.2, 0.25) is 0 Å². The fourth-order valence-corrected chi connectivity index (χ4v) is 3.17. The SMILES string of the molecule is COc1ccc(Br)c(C(O)Cc2ccc(OC)c(Br)c2)c1. The molecule has 0 saturated heterocycles. The third kappa shape index (κ3) is 3.99. The molecule has 21 heavy (non-hydrogen) atoms. The van der Waals surface area contributed by atoms with Gasteiger partial charge in [-0.05, 0) is 57.4 Å². The largest absolute Gasteiger partial charge is 0.497 e. The lowest BCUT2D eigenvalue weighted by molar-refractivity contribution is 0.177. The molecule has 0 bridgehead atoms. The number of aliphatic hydroxyl groups is 1. The van der Waals surface area contributed by atoms with Crippen LogP contribution in [-0.2, 0) is 6.42 Å². The molecular formula is C16H16Br2O3. The maximum Gasteiger partial charge on any atom is 0.133 e. The fourth-order valence-electron chi connectivity index (χ4n) is 2.07. The van der Waals surface area contributed by atoms with Gasteiger partial charge in [-0.1, -0.05) is 22.0 Å². The summed E-state index contributed by atoms with van der Waals surface area (Å²) >= 11 is 6.92. The normalized spacial score (nSPS) is 12.0. The van der Waals surface area contributed by atoms with Gasteiger partial charge in [0, 0.05) is 10.9 Å². The Morgan fingerprint density at radius 2 is 1.76 bits per heavy atom. The van der Waals surface area contributed by atoms with Crippen molar-refractivity contribution in [2.75, 3.05) is 14.2 Å². The lowest BCUT2D eigenvalue weighted by atomic mass is 10.0. The fraction of sp³-hybridized carbons (Fsp3) is 0.250. The molecule has 0 heterocycles. The molecule has 0 spiro atoms. The van der Waals surface area contributed by atoms with Crippen LogP contribution in [0.15, 0.2) is 45.3 Å². The van der Waals surface area contributed by atoms with E-state index in [2.05, 4.69) is 31.9 Å². The van der Waals surface area contributed by atoms with E-state index in [4.69, 9.17) is 9.47 Å². The second-order valence-corrected chi connectivity index (χ2v) is 6.28. The molecule has 112 valence electrons. The van der Waals surface area contributed by atoms with Crippen LogP contribution in [0.4, 0.5) is 0 Å². The van der Waals surface area contributed by atoms with Crippen molar-refractivity contribution >= 4 is 31.9 Å².